The van der Waals surface area contributed by atoms with Crippen LogP contribution in [0.25, 0.3) is 11.6 Å². The Hall–Kier alpha value is -2.61. The van der Waals surface area contributed by atoms with Crippen molar-refractivity contribution < 1.29 is 9.53 Å². The Balaban J connectivity index is 2.25. The maximum atomic E-state index is 11.6. The van der Waals surface area contributed by atoms with E-state index >= 15 is 0 Å². The van der Waals surface area contributed by atoms with E-state index in [1.165, 1.54) is 0 Å². The van der Waals surface area contributed by atoms with E-state index in [0.29, 0.717) is 5.57 Å². The fraction of sp³-hybridized carbons (Fsp3) is 0.105. The first-order valence-electron chi connectivity index (χ1n) is 6.80. The first-order chi connectivity index (χ1) is 10.2. The van der Waals surface area contributed by atoms with Crippen LogP contribution in [-0.2, 0) is 9.53 Å². The first kappa shape index (κ1) is 14.8. The molecule has 2 rings (SSSR count). The zero-order chi connectivity index (χ0) is 15.1. The van der Waals surface area contributed by atoms with Gasteiger partial charge >= 0.3 is 5.97 Å². The average Bonchev–Trinajstić information content (AvgIpc) is 2.52. The molecule has 0 unspecified atom stereocenters. The normalized spacial score (nSPS) is 11.0. The summed E-state index contributed by atoms with van der Waals surface area (Å²) in [5.41, 5.74) is 3.47. The molecular weight excluding hydrogens is 260 g/mol. The number of rotatable bonds is 5. The third kappa shape index (κ3) is 4.46. The molecule has 0 saturated heterocycles. The van der Waals surface area contributed by atoms with Crippen LogP contribution in [0.1, 0.15) is 18.1 Å². The monoisotopic (exact) mass is 278 g/mol. The Morgan fingerprint density at radius 2 is 1.62 bits per heavy atom. The van der Waals surface area contributed by atoms with Crippen LogP contribution in [0.3, 0.4) is 0 Å². The zero-order valence-corrected chi connectivity index (χ0v) is 12.1. The molecule has 0 bridgehead atoms. The standard InChI is InChI=1S/C19H18O2/c1-15(2)19(20)21-14-18(17-11-7-4-8-12-17)13-16-9-5-3-6-10-16/h3-13H,1,14H2,2H3. The van der Waals surface area contributed by atoms with Gasteiger partial charge in [-0.3, -0.25) is 0 Å². The highest BCUT2D eigenvalue weighted by Crippen LogP contribution is 2.19. The van der Waals surface area contributed by atoms with Crippen molar-refractivity contribution in [3.63, 3.8) is 0 Å². The summed E-state index contributed by atoms with van der Waals surface area (Å²) in [6.45, 7) is 5.47. The number of esters is 1. The molecule has 0 heterocycles. The number of hydrogen-bond donors (Lipinski definition) is 0. The van der Waals surface area contributed by atoms with Gasteiger partial charge in [0.2, 0.25) is 0 Å². The lowest BCUT2D eigenvalue weighted by atomic mass is 10.0. The second-order valence-corrected chi connectivity index (χ2v) is 4.80. The molecule has 2 heteroatoms. The van der Waals surface area contributed by atoms with E-state index in [1.807, 2.05) is 66.7 Å². The summed E-state index contributed by atoms with van der Waals surface area (Å²) in [4.78, 5) is 11.6. The molecule has 0 fully saturated rings. The van der Waals surface area contributed by atoms with Crippen LogP contribution in [-0.4, -0.2) is 12.6 Å². The minimum atomic E-state index is -0.370. The SMILES string of the molecule is C=C(C)C(=O)OCC(=Cc1ccccc1)c1ccccc1. The van der Waals surface area contributed by atoms with Crippen molar-refractivity contribution in [3.8, 4) is 0 Å². The largest absolute Gasteiger partial charge is 0.457 e. The molecule has 0 radical (unpaired) electrons. The predicted molar refractivity (Wildman–Crippen MR) is 86.5 cm³/mol. The zero-order valence-electron chi connectivity index (χ0n) is 12.1. The molecule has 21 heavy (non-hydrogen) atoms. The molecule has 2 nitrogen and oxygen atoms in total. The van der Waals surface area contributed by atoms with Crippen molar-refractivity contribution in [3.05, 3.63) is 83.9 Å². The van der Waals surface area contributed by atoms with Gasteiger partial charge in [0.1, 0.15) is 6.61 Å². The summed E-state index contributed by atoms with van der Waals surface area (Å²) in [5.74, 6) is -0.370. The highest BCUT2D eigenvalue weighted by Gasteiger charge is 2.07. The van der Waals surface area contributed by atoms with Crippen LogP contribution in [0.2, 0.25) is 0 Å². The lowest BCUT2D eigenvalue weighted by Gasteiger charge is -2.09. The van der Waals surface area contributed by atoms with Gasteiger partial charge in [0.25, 0.3) is 0 Å². The molecule has 0 spiro atoms. The van der Waals surface area contributed by atoms with Gasteiger partial charge in [0.05, 0.1) is 0 Å². The van der Waals surface area contributed by atoms with Gasteiger partial charge in [-0.2, -0.15) is 0 Å². The molecule has 0 amide bonds. The highest BCUT2D eigenvalue weighted by molar-refractivity contribution is 5.89. The number of benzene rings is 2. The van der Waals surface area contributed by atoms with Crippen molar-refractivity contribution in [2.45, 2.75) is 6.92 Å². The van der Waals surface area contributed by atoms with E-state index in [4.69, 9.17) is 4.74 Å². The van der Waals surface area contributed by atoms with Gasteiger partial charge in [-0.05, 0) is 29.7 Å². The van der Waals surface area contributed by atoms with E-state index in [2.05, 4.69) is 6.58 Å². The second-order valence-electron chi connectivity index (χ2n) is 4.80. The molecule has 0 aliphatic carbocycles. The van der Waals surface area contributed by atoms with Crippen molar-refractivity contribution in [1.82, 2.24) is 0 Å². The summed E-state index contributed by atoms with van der Waals surface area (Å²) in [7, 11) is 0. The molecule has 0 atom stereocenters. The van der Waals surface area contributed by atoms with Crippen LogP contribution in [0.15, 0.2) is 72.8 Å². The van der Waals surface area contributed by atoms with Crippen molar-refractivity contribution in [1.29, 1.82) is 0 Å². The first-order valence-corrected chi connectivity index (χ1v) is 6.80. The number of carbonyl (C=O) groups excluding carboxylic acids is 1. The highest BCUT2D eigenvalue weighted by atomic mass is 16.5. The maximum absolute atomic E-state index is 11.6. The van der Waals surface area contributed by atoms with Gasteiger partial charge in [0, 0.05) is 5.57 Å². The Labute approximate surface area is 125 Å². The molecule has 106 valence electrons. The van der Waals surface area contributed by atoms with Gasteiger partial charge < -0.3 is 4.74 Å². The minimum absolute atomic E-state index is 0.227. The van der Waals surface area contributed by atoms with E-state index in [0.717, 1.165) is 16.7 Å². The summed E-state index contributed by atoms with van der Waals surface area (Å²) in [6, 6.07) is 19.9. The molecule has 0 aliphatic heterocycles. The Morgan fingerprint density at radius 3 is 2.19 bits per heavy atom. The summed E-state index contributed by atoms with van der Waals surface area (Å²) >= 11 is 0. The minimum Gasteiger partial charge on any atom is -0.457 e. The quantitative estimate of drug-likeness (QED) is 0.462. The lowest BCUT2D eigenvalue weighted by Crippen LogP contribution is -2.07. The van der Waals surface area contributed by atoms with Gasteiger partial charge in [-0.1, -0.05) is 67.2 Å². The number of ether oxygens (including phenoxy) is 1. The fourth-order valence-electron chi connectivity index (χ4n) is 1.88. The number of hydrogen-bond acceptors (Lipinski definition) is 2. The lowest BCUT2D eigenvalue weighted by molar-refractivity contribution is -0.137. The van der Waals surface area contributed by atoms with Crippen LogP contribution < -0.4 is 0 Å². The van der Waals surface area contributed by atoms with Crippen LogP contribution >= 0.6 is 0 Å². The Morgan fingerprint density at radius 1 is 1.05 bits per heavy atom. The van der Waals surface area contributed by atoms with Gasteiger partial charge in [0.15, 0.2) is 0 Å². The maximum Gasteiger partial charge on any atom is 0.333 e. The van der Waals surface area contributed by atoms with Gasteiger partial charge in [-0.25, -0.2) is 4.79 Å². The summed E-state index contributed by atoms with van der Waals surface area (Å²) < 4.78 is 5.29. The molecule has 2 aromatic carbocycles. The third-order valence-corrected chi connectivity index (χ3v) is 2.99. The average molecular weight is 278 g/mol. The van der Waals surface area contributed by atoms with Crippen molar-refractivity contribution in [2.75, 3.05) is 6.61 Å². The van der Waals surface area contributed by atoms with Crippen molar-refractivity contribution >= 4 is 17.6 Å². The molecule has 0 N–H and O–H groups in total. The van der Waals surface area contributed by atoms with E-state index < -0.39 is 0 Å². The third-order valence-electron chi connectivity index (χ3n) is 2.99. The Bertz CT molecular complexity index is 640. The van der Waals surface area contributed by atoms with E-state index in [-0.39, 0.29) is 12.6 Å². The van der Waals surface area contributed by atoms with Gasteiger partial charge in [-0.15, -0.1) is 0 Å². The second kappa shape index (κ2) is 7.25. The topological polar surface area (TPSA) is 26.3 Å². The van der Waals surface area contributed by atoms with E-state index in [1.54, 1.807) is 6.92 Å². The van der Waals surface area contributed by atoms with Crippen LogP contribution in [0.4, 0.5) is 0 Å². The fourth-order valence-corrected chi connectivity index (χ4v) is 1.88. The Kier molecular flexibility index (Phi) is 5.10. The van der Waals surface area contributed by atoms with Crippen LogP contribution in [0, 0.1) is 0 Å². The number of carbonyl (C=O) groups is 1. The molecule has 0 saturated carbocycles. The molecule has 2 aromatic rings. The van der Waals surface area contributed by atoms with Crippen LogP contribution in [0.5, 0.6) is 0 Å². The van der Waals surface area contributed by atoms with Crippen molar-refractivity contribution in [2.24, 2.45) is 0 Å². The smallest absolute Gasteiger partial charge is 0.333 e. The molecule has 0 aliphatic rings. The summed E-state index contributed by atoms with van der Waals surface area (Å²) in [5, 5.41) is 0. The molecular formula is C19H18O2. The predicted octanol–water partition coefficient (Wildman–Crippen LogP) is 4.35. The van der Waals surface area contributed by atoms with E-state index in [9.17, 15) is 4.79 Å². The molecule has 0 aromatic heterocycles. The summed E-state index contributed by atoms with van der Waals surface area (Å²) in [6.07, 6.45) is 2.03.